The van der Waals surface area contributed by atoms with Crippen LogP contribution in [0.15, 0.2) is 18.2 Å². The van der Waals surface area contributed by atoms with Gasteiger partial charge in [-0.15, -0.1) is 11.3 Å². The number of amides is 1. The largest absolute Gasteiger partial charge is 0.481 e. The van der Waals surface area contributed by atoms with Gasteiger partial charge < -0.3 is 10.4 Å². The Kier molecular flexibility index (Phi) is 6.29. The van der Waals surface area contributed by atoms with E-state index in [9.17, 15) is 9.59 Å². The predicted octanol–water partition coefficient (Wildman–Crippen LogP) is 2.69. The van der Waals surface area contributed by atoms with E-state index in [1.54, 1.807) is 17.4 Å². The lowest BCUT2D eigenvalue weighted by Gasteiger charge is -2.09. The van der Waals surface area contributed by atoms with Crippen LogP contribution in [-0.4, -0.2) is 23.5 Å². The summed E-state index contributed by atoms with van der Waals surface area (Å²) in [5.41, 5.74) is 0. The molecule has 0 saturated heterocycles. The Morgan fingerprint density at radius 3 is 2.79 bits per heavy atom. The zero-order valence-electron chi connectivity index (χ0n) is 11.2. The van der Waals surface area contributed by atoms with Crippen molar-refractivity contribution < 1.29 is 14.7 Å². The minimum atomic E-state index is -0.800. The van der Waals surface area contributed by atoms with Crippen molar-refractivity contribution in [3.05, 3.63) is 28.0 Å². The number of carbonyl (C=O) groups is 2. The summed E-state index contributed by atoms with van der Waals surface area (Å²) in [5.74, 6) is -0.781. The third-order valence-electron chi connectivity index (χ3n) is 2.64. The third kappa shape index (κ3) is 6.76. The van der Waals surface area contributed by atoms with Crippen LogP contribution in [-0.2, 0) is 9.59 Å². The van der Waals surface area contributed by atoms with Crippen LogP contribution in [0.2, 0.25) is 0 Å². The molecule has 0 aromatic carbocycles. The van der Waals surface area contributed by atoms with Crippen LogP contribution in [0.5, 0.6) is 0 Å². The smallest absolute Gasteiger partial charge is 0.303 e. The fraction of sp³-hybridized carbons (Fsp3) is 0.429. The maximum absolute atomic E-state index is 11.6. The van der Waals surface area contributed by atoms with Crippen LogP contribution in [0, 0.1) is 12.8 Å². The van der Waals surface area contributed by atoms with Crippen molar-refractivity contribution >= 4 is 29.3 Å². The van der Waals surface area contributed by atoms with Gasteiger partial charge in [0.15, 0.2) is 0 Å². The molecular weight excluding hydrogens is 262 g/mol. The highest BCUT2D eigenvalue weighted by Gasteiger charge is 2.06. The van der Waals surface area contributed by atoms with Gasteiger partial charge in [0, 0.05) is 28.8 Å². The molecule has 1 heterocycles. The molecule has 0 aliphatic rings. The van der Waals surface area contributed by atoms with Gasteiger partial charge in [0.1, 0.15) is 0 Å². The van der Waals surface area contributed by atoms with E-state index in [1.165, 1.54) is 11.0 Å². The molecule has 1 unspecified atom stereocenters. The maximum atomic E-state index is 11.6. The summed E-state index contributed by atoms with van der Waals surface area (Å²) in [7, 11) is 0. The Morgan fingerprint density at radius 1 is 1.47 bits per heavy atom. The molecule has 1 atom stereocenters. The number of rotatable bonds is 7. The number of thiophene rings is 1. The first-order chi connectivity index (χ1) is 8.97. The minimum absolute atomic E-state index is 0.140. The van der Waals surface area contributed by atoms with Gasteiger partial charge >= 0.3 is 5.97 Å². The van der Waals surface area contributed by atoms with Gasteiger partial charge in [-0.05, 0) is 37.5 Å². The molecule has 1 aromatic rings. The van der Waals surface area contributed by atoms with Crippen LogP contribution >= 0.6 is 11.3 Å². The summed E-state index contributed by atoms with van der Waals surface area (Å²) in [6, 6.07) is 3.98. The van der Waals surface area contributed by atoms with Crippen molar-refractivity contribution in [3.8, 4) is 0 Å². The second kappa shape index (κ2) is 7.74. The van der Waals surface area contributed by atoms with Gasteiger partial charge in [-0.3, -0.25) is 9.59 Å². The van der Waals surface area contributed by atoms with Gasteiger partial charge in [0.05, 0.1) is 0 Å². The van der Waals surface area contributed by atoms with E-state index in [2.05, 4.69) is 5.32 Å². The monoisotopic (exact) mass is 281 g/mol. The van der Waals surface area contributed by atoms with Crippen molar-refractivity contribution in [2.24, 2.45) is 5.92 Å². The molecule has 1 rings (SSSR count). The molecule has 0 aliphatic heterocycles. The molecule has 0 spiro atoms. The van der Waals surface area contributed by atoms with Crippen LogP contribution in [0.1, 0.15) is 29.5 Å². The quantitative estimate of drug-likeness (QED) is 0.755. The normalized spacial score (nSPS) is 12.5. The lowest BCUT2D eigenvalue weighted by atomic mass is 10.1. The topological polar surface area (TPSA) is 66.4 Å². The molecule has 5 heteroatoms. The van der Waals surface area contributed by atoms with Crippen LogP contribution in [0.4, 0.5) is 0 Å². The number of aliphatic carboxylic acids is 1. The fourth-order valence-corrected chi connectivity index (χ4v) is 2.29. The van der Waals surface area contributed by atoms with Gasteiger partial charge in [0.2, 0.25) is 5.91 Å². The highest BCUT2D eigenvalue weighted by Crippen LogP contribution is 2.16. The van der Waals surface area contributed by atoms with Crippen LogP contribution in [0.25, 0.3) is 6.08 Å². The van der Waals surface area contributed by atoms with E-state index in [0.29, 0.717) is 13.0 Å². The molecule has 0 fully saturated rings. The van der Waals surface area contributed by atoms with Crippen molar-refractivity contribution in [2.75, 3.05) is 6.54 Å². The summed E-state index contributed by atoms with van der Waals surface area (Å²) in [4.78, 5) is 24.2. The highest BCUT2D eigenvalue weighted by atomic mass is 32.1. The zero-order chi connectivity index (χ0) is 14.3. The van der Waals surface area contributed by atoms with Crippen molar-refractivity contribution in [1.29, 1.82) is 0 Å². The minimum Gasteiger partial charge on any atom is -0.481 e. The Hall–Kier alpha value is -1.62. The molecule has 0 bridgehead atoms. The average molecular weight is 281 g/mol. The summed E-state index contributed by atoms with van der Waals surface area (Å²) in [5, 5.41) is 11.3. The first-order valence-corrected chi connectivity index (χ1v) is 7.03. The number of carbonyl (C=O) groups excluding carboxylic acids is 1. The molecule has 1 aromatic heterocycles. The summed E-state index contributed by atoms with van der Waals surface area (Å²) in [6.07, 6.45) is 4.01. The third-order valence-corrected chi connectivity index (χ3v) is 3.60. The number of carboxylic acids is 1. The lowest BCUT2D eigenvalue weighted by molar-refractivity contribution is -0.137. The van der Waals surface area contributed by atoms with E-state index >= 15 is 0 Å². The van der Waals surface area contributed by atoms with Gasteiger partial charge in [0.25, 0.3) is 0 Å². The van der Waals surface area contributed by atoms with E-state index in [4.69, 9.17) is 5.11 Å². The Morgan fingerprint density at radius 2 is 2.21 bits per heavy atom. The molecular formula is C14H19NO3S. The van der Waals surface area contributed by atoms with Gasteiger partial charge in [-0.2, -0.15) is 0 Å². The Bertz CT molecular complexity index is 465. The Balaban J connectivity index is 2.27. The molecule has 0 aliphatic carbocycles. The number of nitrogens with one attached hydrogen (secondary N) is 1. The molecule has 1 amide bonds. The lowest BCUT2D eigenvalue weighted by Crippen LogP contribution is -2.26. The fourth-order valence-electron chi connectivity index (χ4n) is 1.51. The van der Waals surface area contributed by atoms with Gasteiger partial charge in [-0.25, -0.2) is 0 Å². The summed E-state index contributed by atoms with van der Waals surface area (Å²) >= 11 is 1.63. The van der Waals surface area contributed by atoms with E-state index in [1.807, 2.05) is 26.0 Å². The molecule has 0 saturated carbocycles. The second-order valence-electron chi connectivity index (χ2n) is 4.56. The molecule has 19 heavy (non-hydrogen) atoms. The summed E-state index contributed by atoms with van der Waals surface area (Å²) in [6.45, 7) is 4.45. The zero-order valence-corrected chi connectivity index (χ0v) is 12.0. The molecule has 2 N–H and O–H groups in total. The second-order valence-corrected chi connectivity index (χ2v) is 5.88. The number of aryl methyl sites for hydroxylation is 1. The summed E-state index contributed by atoms with van der Waals surface area (Å²) < 4.78 is 0. The van der Waals surface area contributed by atoms with Gasteiger partial charge in [-0.1, -0.05) is 6.92 Å². The number of carboxylic acid groups (broad SMARTS) is 1. The number of hydrogen-bond donors (Lipinski definition) is 2. The van der Waals surface area contributed by atoms with Crippen molar-refractivity contribution in [3.63, 3.8) is 0 Å². The number of hydrogen-bond acceptors (Lipinski definition) is 3. The molecule has 4 nitrogen and oxygen atoms in total. The van der Waals surface area contributed by atoms with Crippen molar-refractivity contribution in [1.82, 2.24) is 5.32 Å². The first kappa shape index (κ1) is 15.4. The van der Waals surface area contributed by atoms with Crippen LogP contribution in [0.3, 0.4) is 0 Å². The van der Waals surface area contributed by atoms with Crippen molar-refractivity contribution in [2.45, 2.75) is 26.7 Å². The van der Waals surface area contributed by atoms with E-state index in [-0.39, 0.29) is 18.2 Å². The van der Waals surface area contributed by atoms with E-state index in [0.717, 1.165) is 4.88 Å². The van der Waals surface area contributed by atoms with E-state index < -0.39 is 5.97 Å². The van der Waals surface area contributed by atoms with Crippen LogP contribution < -0.4 is 5.32 Å². The molecule has 104 valence electrons. The SMILES string of the molecule is Cc1ccc(/C=C/C(=O)NCC(C)CCC(=O)O)s1. The molecule has 0 radical (unpaired) electrons. The highest BCUT2D eigenvalue weighted by molar-refractivity contribution is 7.12. The predicted molar refractivity (Wildman–Crippen MR) is 77.1 cm³/mol. The Labute approximate surface area is 117 Å². The standard InChI is InChI=1S/C14H19NO3S/c1-10(3-8-14(17)18)9-15-13(16)7-6-12-5-4-11(2)19-12/h4-7,10H,3,8-9H2,1-2H3,(H,15,16)(H,17,18)/b7-6+. The average Bonchev–Trinajstić information content (AvgIpc) is 2.77. The maximum Gasteiger partial charge on any atom is 0.303 e. The first-order valence-electron chi connectivity index (χ1n) is 6.21.